The first-order valence-corrected chi connectivity index (χ1v) is 3.48. The highest BCUT2D eigenvalue weighted by molar-refractivity contribution is 5.66. The topological polar surface area (TPSA) is 74.6 Å². The lowest BCUT2D eigenvalue weighted by molar-refractivity contribution is -0.137. The molecule has 0 aliphatic carbocycles. The first-order valence-electron chi connectivity index (χ1n) is 3.48. The molecule has 0 saturated carbocycles. The quantitative estimate of drug-likeness (QED) is 0.483. The van der Waals surface area contributed by atoms with E-state index in [9.17, 15) is 4.79 Å². The third-order valence-electron chi connectivity index (χ3n) is 0.994. The zero-order valence-electron chi connectivity index (χ0n) is 6.62. The molecule has 0 atom stereocenters. The van der Waals surface area contributed by atoms with E-state index in [1.54, 1.807) is 0 Å². The molecule has 0 aliphatic heterocycles. The van der Waals surface area contributed by atoms with E-state index in [2.05, 4.69) is 6.92 Å². The number of hydrogen-bond donors (Lipinski definition) is 2. The van der Waals surface area contributed by atoms with E-state index in [1.807, 2.05) is 0 Å². The second-order valence-electron chi connectivity index (χ2n) is 1.96. The monoisotopic (exact) mass is 162 g/mol. The predicted molar refractivity (Wildman–Crippen MR) is 40.5 cm³/mol. The molecule has 2 N–H and O–H groups in total. The summed E-state index contributed by atoms with van der Waals surface area (Å²) in [6.07, 6.45) is 3.28. The van der Waals surface area contributed by atoms with Crippen LogP contribution >= 0.6 is 0 Å². The second-order valence-corrected chi connectivity index (χ2v) is 1.96. The molecule has 0 aromatic rings. The van der Waals surface area contributed by atoms with Gasteiger partial charge in [-0.25, -0.2) is 0 Å². The first kappa shape index (κ1) is 12.6. The van der Waals surface area contributed by atoms with Gasteiger partial charge in [0.05, 0.1) is 0 Å². The summed E-state index contributed by atoms with van der Waals surface area (Å²) < 4.78 is 0. The summed E-state index contributed by atoms with van der Waals surface area (Å²) in [5.41, 5.74) is 0. The molecule has 0 aliphatic rings. The summed E-state index contributed by atoms with van der Waals surface area (Å²) in [5, 5.41) is 15.0. The minimum absolute atomic E-state index is 0.250. The van der Waals surface area contributed by atoms with Gasteiger partial charge in [0.1, 0.15) is 0 Å². The maximum absolute atomic E-state index is 9.87. The van der Waals surface area contributed by atoms with Crippen LogP contribution in [0.25, 0.3) is 0 Å². The normalized spacial score (nSPS) is 7.73. The predicted octanol–water partition coefficient (Wildman–Crippen LogP) is 1.35. The Bertz CT molecular complexity index is 101. The summed E-state index contributed by atoms with van der Waals surface area (Å²) in [6.45, 7) is 1.81. The minimum Gasteiger partial charge on any atom is -0.483 e. The highest BCUT2D eigenvalue weighted by Gasteiger charge is 1.92. The van der Waals surface area contributed by atoms with Crippen LogP contribution in [0.1, 0.15) is 32.6 Å². The Morgan fingerprint density at radius 1 is 1.45 bits per heavy atom. The van der Waals surface area contributed by atoms with Crippen LogP contribution in [-0.4, -0.2) is 22.7 Å². The lowest BCUT2D eigenvalue weighted by Gasteiger charge is -1.89. The van der Waals surface area contributed by atoms with E-state index in [4.69, 9.17) is 15.0 Å². The van der Waals surface area contributed by atoms with Crippen LogP contribution in [0, 0.1) is 0 Å². The van der Waals surface area contributed by atoms with Crippen molar-refractivity contribution < 1.29 is 19.8 Å². The number of aliphatic carboxylic acids is 1. The molecular formula is C7H14O4. The Hall–Kier alpha value is -1.06. The number of carboxylic acid groups (broad SMARTS) is 2. The summed E-state index contributed by atoms with van der Waals surface area (Å²) in [4.78, 5) is 18.2. The molecule has 4 nitrogen and oxygen atoms in total. The van der Waals surface area contributed by atoms with E-state index in [-0.39, 0.29) is 6.47 Å². The molecule has 0 bridgehead atoms. The average Bonchev–Trinajstić information content (AvgIpc) is 1.89. The van der Waals surface area contributed by atoms with Gasteiger partial charge in [-0.05, 0) is 6.42 Å². The smallest absolute Gasteiger partial charge is 0.303 e. The number of rotatable bonds is 4. The number of unbranched alkanes of at least 4 members (excludes halogenated alkanes) is 2. The molecular weight excluding hydrogens is 148 g/mol. The molecule has 0 radical (unpaired) electrons. The molecule has 11 heavy (non-hydrogen) atoms. The molecule has 0 fully saturated rings. The summed E-state index contributed by atoms with van der Waals surface area (Å²) in [7, 11) is 0. The van der Waals surface area contributed by atoms with Gasteiger partial charge in [-0.1, -0.05) is 19.8 Å². The van der Waals surface area contributed by atoms with Gasteiger partial charge < -0.3 is 10.2 Å². The fourth-order valence-electron chi connectivity index (χ4n) is 0.526. The molecule has 0 rings (SSSR count). The van der Waals surface area contributed by atoms with Crippen molar-refractivity contribution in [1.82, 2.24) is 0 Å². The fraction of sp³-hybridized carbons (Fsp3) is 0.714. The zero-order chi connectivity index (χ0) is 9.11. The van der Waals surface area contributed by atoms with Crippen molar-refractivity contribution in [3.05, 3.63) is 0 Å². The maximum Gasteiger partial charge on any atom is 0.303 e. The van der Waals surface area contributed by atoms with Gasteiger partial charge in [0, 0.05) is 6.42 Å². The number of hydrogen-bond acceptors (Lipinski definition) is 2. The van der Waals surface area contributed by atoms with Crippen LogP contribution in [0.3, 0.4) is 0 Å². The third-order valence-corrected chi connectivity index (χ3v) is 0.994. The van der Waals surface area contributed by atoms with Crippen molar-refractivity contribution in [2.24, 2.45) is 0 Å². The van der Waals surface area contributed by atoms with Crippen molar-refractivity contribution in [2.75, 3.05) is 0 Å². The Morgan fingerprint density at radius 3 is 2.18 bits per heavy atom. The number of carbonyl (C=O) groups is 2. The van der Waals surface area contributed by atoms with E-state index in [0.29, 0.717) is 6.42 Å². The Morgan fingerprint density at radius 2 is 1.91 bits per heavy atom. The number of carboxylic acids is 1. The molecule has 0 heterocycles. The molecule has 0 saturated heterocycles. The van der Waals surface area contributed by atoms with Gasteiger partial charge in [0.25, 0.3) is 6.47 Å². The van der Waals surface area contributed by atoms with Gasteiger partial charge in [-0.15, -0.1) is 0 Å². The van der Waals surface area contributed by atoms with E-state index < -0.39 is 5.97 Å². The summed E-state index contributed by atoms with van der Waals surface area (Å²) >= 11 is 0. The Balaban J connectivity index is 0. The van der Waals surface area contributed by atoms with Gasteiger partial charge >= 0.3 is 5.97 Å². The van der Waals surface area contributed by atoms with Crippen molar-refractivity contribution in [2.45, 2.75) is 32.6 Å². The van der Waals surface area contributed by atoms with E-state index >= 15 is 0 Å². The third kappa shape index (κ3) is 27.7. The van der Waals surface area contributed by atoms with Gasteiger partial charge in [0.2, 0.25) is 0 Å². The molecule has 0 amide bonds. The van der Waals surface area contributed by atoms with Crippen molar-refractivity contribution in [3.8, 4) is 0 Å². The zero-order valence-corrected chi connectivity index (χ0v) is 6.62. The van der Waals surface area contributed by atoms with Crippen LogP contribution in [-0.2, 0) is 9.59 Å². The van der Waals surface area contributed by atoms with Crippen LogP contribution < -0.4 is 0 Å². The van der Waals surface area contributed by atoms with Gasteiger partial charge in [-0.2, -0.15) is 0 Å². The fourth-order valence-corrected chi connectivity index (χ4v) is 0.526. The largest absolute Gasteiger partial charge is 0.483 e. The van der Waals surface area contributed by atoms with Crippen molar-refractivity contribution >= 4 is 12.4 Å². The minimum atomic E-state index is -0.682. The lowest BCUT2D eigenvalue weighted by Crippen LogP contribution is -1.92. The van der Waals surface area contributed by atoms with Crippen molar-refractivity contribution in [1.29, 1.82) is 0 Å². The lowest BCUT2D eigenvalue weighted by atomic mass is 10.2. The van der Waals surface area contributed by atoms with Crippen LogP contribution in [0.2, 0.25) is 0 Å². The Labute approximate surface area is 65.8 Å². The second kappa shape index (κ2) is 11.7. The first-order chi connectivity index (χ1) is 5.18. The van der Waals surface area contributed by atoms with E-state index in [1.165, 1.54) is 0 Å². The summed E-state index contributed by atoms with van der Waals surface area (Å²) in [6, 6.07) is 0. The van der Waals surface area contributed by atoms with E-state index in [0.717, 1.165) is 19.3 Å². The van der Waals surface area contributed by atoms with Crippen LogP contribution in [0.15, 0.2) is 0 Å². The standard InChI is InChI=1S/C6H12O2.CH2O2/c1-2-3-4-5-6(7)8;2-1-3/h2-5H2,1H3,(H,7,8);1H,(H,2,3). The average molecular weight is 162 g/mol. The van der Waals surface area contributed by atoms with Crippen LogP contribution in [0.4, 0.5) is 0 Å². The molecule has 4 heteroatoms. The molecule has 66 valence electrons. The molecule has 0 spiro atoms. The summed E-state index contributed by atoms with van der Waals surface area (Å²) in [5.74, 6) is -0.682. The maximum atomic E-state index is 9.87. The van der Waals surface area contributed by atoms with Crippen molar-refractivity contribution in [3.63, 3.8) is 0 Å². The highest BCUT2D eigenvalue weighted by Crippen LogP contribution is 1.97. The Kier molecular flexibility index (Phi) is 13.4. The molecule has 0 unspecified atom stereocenters. The highest BCUT2D eigenvalue weighted by atomic mass is 16.4. The molecule has 0 aromatic heterocycles. The SMILES string of the molecule is CCCCCC(=O)O.O=CO. The van der Waals surface area contributed by atoms with Gasteiger partial charge in [-0.3, -0.25) is 9.59 Å². The van der Waals surface area contributed by atoms with Crippen LogP contribution in [0.5, 0.6) is 0 Å². The van der Waals surface area contributed by atoms with Gasteiger partial charge in [0.15, 0.2) is 0 Å². The molecule has 0 aromatic carbocycles.